The van der Waals surface area contributed by atoms with Crippen molar-refractivity contribution in [2.45, 2.75) is 24.7 Å². The molecule has 1 N–H and O–H groups in total. The summed E-state index contributed by atoms with van der Waals surface area (Å²) in [6.45, 7) is 0. The Labute approximate surface area is 136 Å². The number of rotatable bonds is 2. The normalized spacial score (nSPS) is 16.9. The Bertz CT molecular complexity index is 800. The van der Waals surface area contributed by atoms with E-state index in [4.69, 9.17) is 0 Å². The van der Waals surface area contributed by atoms with Crippen molar-refractivity contribution in [3.63, 3.8) is 0 Å². The molecule has 4 rings (SSSR count). The van der Waals surface area contributed by atoms with E-state index >= 15 is 0 Å². The van der Waals surface area contributed by atoms with Crippen molar-refractivity contribution in [1.82, 2.24) is 4.98 Å². The Hall–Kier alpha value is -1.36. The molecule has 0 unspecified atom stereocenters. The van der Waals surface area contributed by atoms with Crippen LogP contribution in [0.5, 0.6) is 0 Å². The van der Waals surface area contributed by atoms with Crippen molar-refractivity contribution < 1.29 is 4.39 Å². The second-order valence-electron chi connectivity index (χ2n) is 5.83. The smallest absolute Gasteiger partial charge is 0.125 e. The van der Waals surface area contributed by atoms with Gasteiger partial charge in [-0.3, -0.25) is 0 Å². The number of H-pyrrole nitrogens is 1. The number of benzene rings is 2. The summed E-state index contributed by atoms with van der Waals surface area (Å²) >= 11 is 2.34. The highest BCUT2D eigenvalue weighted by molar-refractivity contribution is 14.1. The van der Waals surface area contributed by atoms with Gasteiger partial charge in [0.05, 0.1) is 0 Å². The monoisotopic (exact) mass is 391 g/mol. The molecule has 1 nitrogen and oxygen atoms in total. The first-order valence-corrected chi connectivity index (χ1v) is 8.30. The van der Waals surface area contributed by atoms with Gasteiger partial charge in [0, 0.05) is 26.1 Å². The molecule has 1 aliphatic rings. The maximum absolute atomic E-state index is 13.4. The lowest BCUT2D eigenvalue weighted by molar-refractivity contribution is 0.304. The maximum Gasteiger partial charge on any atom is 0.125 e. The van der Waals surface area contributed by atoms with E-state index in [1.807, 2.05) is 6.07 Å². The van der Waals surface area contributed by atoms with E-state index in [2.05, 4.69) is 58.0 Å². The topological polar surface area (TPSA) is 15.8 Å². The molecule has 0 atom stereocenters. The summed E-state index contributed by atoms with van der Waals surface area (Å²) in [4.78, 5) is 3.24. The number of aromatic nitrogens is 1. The van der Waals surface area contributed by atoms with Crippen molar-refractivity contribution >= 4 is 33.5 Å². The maximum atomic E-state index is 13.4. The standard InChI is InChI=1S/C18H15FIN/c19-13-4-7-15-16(11-21-17(15)10-13)18(8-1-9-18)12-2-5-14(20)6-3-12/h2-7,10-11,21H,1,8-9H2. The molecule has 1 saturated carbocycles. The summed E-state index contributed by atoms with van der Waals surface area (Å²) < 4.78 is 14.6. The van der Waals surface area contributed by atoms with E-state index in [1.54, 1.807) is 12.1 Å². The minimum atomic E-state index is -0.187. The Morgan fingerprint density at radius 3 is 2.48 bits per heavy atom. The van der Waals surface area contributed by atoms with E-state index in [0.717, 1.165) is 23.7 Å². The fourth-order valence-electron chi connectivity index (χ4n) is 3.51. The van der Waals surface area contributed by atoms with Gasteiger partial charge in [0.15, 0.2) is 0 Å². The van der Waals surface area contributed by atoms with Gasteiger partial charge >= 0.3 is 0 Å². The first kappa shape index (κ1) is 13.3. The second kappa shape index (κ2) is 4.83. The van der Waals surface area contributed by atoms with Gasteiger partial charge in [0.25, 0.3) is 0 Å². The highest BCUT2D eigenvalue weighted by Gasteiger charge is 2.41. The Morgan fingerprint density at radius 1 is 1.05 bits per heavy atom. The van der Waals surface area contributed by atoms with Gasteiger partial charge in [0.2, 0.25) is 0 Å². The quantitative estimate of drug-likeness (QED) is 0.565. The van der Waals surface area contributed by atoms with Gasteiger partial charge in [-0.25, -0.2) is 4.39 Å². The Morgan fingerprint density at radius 2 is 1.81 bits per heavy atom. The van der Waals surface area contributed by atoms with E-state index in [0.29, 0.717) is 0 Å². The number of hydrogen-bond acceptors (Lipinski definition) is 0. The number of hydrogen-bond donors (Lipinski definition) is 1. The fraction of sp³-hybridized carbons (Fsp3) is 0.222. The van der Waals surface area contributed by atoms with Gasteiger partial charge < -0.3 is 4.98 Å². The molecule has 0 saturated heterocycles. The average Bonchev–Trinajstić information content (AvgIpc) is 2.83. The fourth-order valence-corrected chi connectivity index (χ4v) is 3.87. The minimum Gasteiger partial charge on any atom is -0.361 e. The minimum absolute atomic E-state index is 0.0976. The zero-order valence-electron chi connectivity index (χ0n) is 11.5. The lowest BCUT2D eigenvalue weighted by atomic mass is 9.60. The predicted octanol–water partition coefficient (Wildman–Crippen LogP) is 5.38. The third-order valence-electron chi connectivity index (χ3n) is 4.76. The molecular formula is C18H15FIN. The summed E-state index contributed by atoms with van der Waals surface area (Å²) in [6.07, 6.45) is 5.65. The highest BCUT2D eigenvalue weighted by Crippen LogP contribution is 2.51. The summed E-state index contributed by atoms with van der Waals surface area (Å²) in [7, 11) is 0. The van der Waals surface area contributed by atoms with Crippen LogP contribution in [0.1, 0.15) is 30.4 Å². The van der Waals surface area contributed by atoms with Crippen molar-refractivity contribution in [3.8, 4) is 0 Å². The van der Waals surface area contributed by atoms with Crippen LogP contribution in [0.15, 0.2) is 48.7 Å². The second-order valence-corrected chi connectivity index (χ2v) is 7.08. The van der Waals surface area contributed by atoms with Crippen LogP contribution in [-0.2, 0) is 5.41 Å². The van der Waals surface area contributed by atoms with Gasteiger partial charge in [0.1, 0.15) is 5.82 Å². The van der Waals surface area contributed by atoms with Crippen LogP contribution in [0.25, 0.3) is 10.9 Å². The molecular weight excluding hydrogens is 376 g/mol. The van der Waals surface area contributed by atoms with Crippen LogP contribution in [0, 0.1) is 9.39 Å². The van der Waals surface area contributed by atoms with E-state index in [9.17, 15) is 4.39 Å². The molecule has 3 aromatic rings. The lowest BCUT2D eigenvalue weighted by Crippen LogP contribution is -2.35. The van der Waals surface area contributed by atoms with Crippen LogP contribution in [0.4, 0.5) is 4.39 Å². The third-order valence-corrected chi connectivity index (χ3v) is 5.48. The molecule has 106 valence electrons. The number of fused-ring (bicyclic) bond motifs is 1. The predicted molar refractivity (Wildman–Crippen MR) is 92.0 cm³/mol. The highest BCUT2D eigenvalue weighted by atomic mass is 127. The van der Waals surface area contributed by atoms with Crippen molar-refractivity contribution in [3.05, 3.63) is 69.2 Å². The molecule has 1 aliphatic carbocycles. The van der Waals surface area contributed by atoms with Crippen LogP contribution >= 0.6 is 22.6 Å². The molecule has 0 spiro atoms. The lowest BCUT2D eigenvalue weighted by Gasteiger charge is -2.42. The zero-order chi connectivity index (χ0) is 14.4. The van der Waals surface area contributed by atoms with Gasteiger partial charge in [-0.05, 0) is 76.9 Å². The summed E-state index contributed by atoms with van der Waals surface area (Å²) in [5.74, 6) is -0.187. The first-order chi connectivity index (χ1) is 10.2. The number of aromatic amines is 1. The third kappa shape index (κ3) is 2.01. The molecule has 21 heavy (non-hydrogen) atoms. The molecule has 2 aromatic carbocycles. The molecule has 0 bridgehead atoms. The first-order valence-electron chi connectivity index (χ1n) is 7.22. The van der Waals surface area contributed by atoms with Gasteiger partial charge in [-0.2, -0.15) is 0 Å². The van der Waals surface area contributed by atoms with E-state index in [-0.39, 0.29) is 11.2 Å². The summed E-state index contributed by atoms with van der Waals surface area (Å²) in [5.41, 5.74) is 3.67. The SMILES string of the molecule is Fc1ccc2c(C3(c4ccc(I)cc4)CCC3)c[nH]c2c1. The largest absolute Gasteiger partial charge is 0.361 e. The van der Waals surface area contributed by atoms with E-state index in [1.165, 1.54) is 21.1 Å². The van der Waals surface area contributed by atoms with Crippen molar-refractivity contribution in [1.29, 1.82) is 0 Å². The van der Waals surface area contributed by atoms with Gasteiger partial charge in [-0.15, -0.1) is 0 Å². The van der Waals surface area contributed by atoms with Crippen LogP contribution in [0.3, 0.4) is 0 Å². The Kier molecular flexibility index (Phi) is 3.06. The number of nitrogens with one attached hydrogen (secondary N) is 1. The summed E-state index contributed by atoms with van der Waals surface area (Å²) in [6, 6.07) is 13.9. The zero-order valence-corrected chi connectivity index (χ0v) is 13.7. The van der Waals surface area contributed by atoms with Gasteiger partial charge in [-0.1, -0.05) is 18.6 Å². The molecule has 1 heterocycles. The summed E-state index contributed by atoms with van der Waals surface area (Å²) in [5, 5.41) is 1.15. The van der Waals surface area contributed by atoms with Crippen LogP contribution in [-0.4, -0.2) is 4.98 Å². The number of halogens is 2. The molecule has 1 fully saturated rings. The van der Waals surface area contributed by atoms with E-state index < -0.39 is 0 Å². The molecule has 0 aliphatic heterocycles. The van der Waals surface area contributed by atoms with Crippen LogP contribution < -0.4 is 0 Å². The molecule has 3 heteroatoms. The Balaban J connectivity index is 1.90. The van der Waals surface area contributed by atoms with Crippen molar-refractivity contribution in [2.24, 2.45) is 0 Å². The molecule has 0 radical (unpaired) electrons. The average molecular weight is 391 g/mol. The van der Waals surface area contributed by atoms with Crippen molar-refractivity contribution in [2.75, 3.05) is 0 Å². The van der Waals surface area contributed by atoms with Crippen LogP contribution in [0.2, 0.25) is 0 Å². The molecule has 1 aromatic heterocycles. The molecule has 0 amide bonds.